The average Bonchev–Trinajstić information content (AvgIpc) is 4.03. The molecule has 0 saturated carbocycles. The summed E-state index contributed by atoms with van der Waals surface area (Å²) in [5.74, 6) is -4.75. The monoisotopic (exact) mass is 902 g/mol. The van der Waals surface area contributed by atoms with Crippen LogP contribution in [0.5, 0.6) is 0 Å². The number of imide groups is 2. The van der Waals surface area contributed by atoms with Gasteiger partial charge in [-0.3, -0.25) is 47.7 Å². The zero-order chi connectivity index (χ0) is 45.9. The third-order valence-electron chi connectivity index (χ3n) is 14.2. The second kappa shape index (κ2) is 15.0. The highest BCUT2D eigenvalue weighted by atomic mass is 32.2. The van der Waals surface area contributed by atoms with Gasteiger partial charge in [0.2, 0.25) is 33.5 Å². The Morgan fingerprint density at radius 1 is 0.403 bits per heavy atom. The van der Waals surface area contributed by atoms with E-state index in [-0.39, 0.29) is 70.5 Å². The Morgan fingerprint density at radius 2 is 0.731 bits per heavy atom. The molecule has 2 aromatic heterocycles. The fraction of sp³-hybridized carbons (Fsp3) is 0.148. The molecule has 6 aromatic carbocycles. The summed E-state index contributed by atoms with van der Waals surface area (Å²) in [5.41, 5.74) is 6.06. The first-order chi connectivity index (χ1) is 32.5. The Kier molecular flexibility index (Phi) is 9.07. The predicted octanol–water partition coefficient (Wildman–Crippen LogP) is 7.61. The maximum Gasteiger partial charge on any atom is 0.262 e. The van der Waals surface area contributed by atoms with E-state index in [9.17, 15) is 37.2 Å². The molecule has 67 heavy (non-hydrogen) atoms. The summed E-state index contributed by atoms with van der Waals surface area (Å²) in [6.45, 7) is 0. The molecule has 2 fully saturated rings. The Labute approximate surface area is 383 Å². The van der Waals surface area contributed by atoms with E-state index in [1.807, 2.05) is 60.7 Å². The molecule has 2 aliphatic heterocycles. The molecular formula is C54H38N4O8S. The molecule has 0 bridgehead atoms. The van der Waals surface area contributed by atoms with Crippen LogP contribution in [0.25, 0.3) is 21.8 Å². The molecule has 13 heteroatoms. The molecule has 4 atom stereocenters. The van der Waals surface area contributed by atoms with Gasteiger partial charge in [0.25, 0.3) is 11.8 Å². The molecule has 12 rings (SSSR count). The second-order valence-electron chi connectivity index (χ2n) is 17.7. The van der Waals surface area contributed by atoms with Gasteiger partial charge in [-0.25, -0.2) is 8.42 Å². The largest absolute Gasteiger partial charge is 0.280 e. The van der Waals surface area contributed by atoms with Crippen molar-refractivity contribution in [2.24, 2.45) is 23.7 Å². The first-order valence-corrected chi connectivity index (χ1v) is 23.6. The molecule has 0 unspecified atom stereocenters. The maximum atomic E-state index is 14.1. The SMILES string of the molecule is O=C1[C@H]2Cc3c(n(C(=O)c4ccccc4)c4ccccc34)C[C@H]2C(=O)N1c1ccc(S(=O)(=O)c2ccc(N3C(=O)[C@H]4Cc5c(n(C(=O)c6ccccc6)c6ccccc56)C[C@H]4C3=O)cc2)cc1. The number of carbonyl (C=O) groups is 6. The normalized spacial score (nSPS) is 20.0. The molecule has 328 valence electrons. The number of fused-ring (bicyclic) bond motifs is 8. The summed E-state index contributed by atoms with van der Waals surface area (Å²) in [4.78, 5) is 86.3. The Morgan fingerprint density at radius 3 is 1.10 bits per heavy atom. The third-order valence-corrected chi connectivity index (χ3v) is 16.0. The first-order valence-electron chi connectivity index (χ1n) is 22.1. The van der Waals surface area contributed by atoms with Crippen molar-refractivity contribution in [1.29, 1.82) is 0 Å². The van der Waals surface area contributed by atoms with E-state index in [0.717, 1.165) is 42.7 Å². The van der Waals surface area contributed by atoms with Gasteiger partial charge in [-0.1, -0.05) is 72.8 Å². The molecule has 0 N–H and O–H groups in total. The summed E-state index contributed by atoms with van der Waals surface area (Å²) in [6, 6.07) is 44.1. The number of para-hydroxylation sites is 2. The molecule has 2 saturated heterocycles. The lowest BCUT2D eigenvalue weighted by Crippen LogP contribution is -2.31. The van der Waals surface area contributed by atoms with Crippen LogP contribution in [0, 0.1) is 23.7 Å². The predicted molar refractivity (Wildman–Crippen MR) is 248 cm³/mol. The summed E-state index contributed by atoms with van der Waals surface area (Å²) < 4.78 is 31.3. The number of benzene rings is 6. The maximum absolute atomic E-state index is 14.1. The van der Waals surface area contributed by atoms with Crippen molar-refractivity contribution in [1.82, 2.24) is 9.13 Å². The lowest BCUT2D eigenvalue weighted by atomic mass is 9.79. The molecule has 8 aromatic rings. The summed E-state index contributed by atoms with van der Waals surface area (Å²) in [7, 11) is -4.13. The van der Waals surface area contributed by atoms with E-state index in [1.54, 1.807) is 57.7 Å². The van der Waals surface area contributed by atoms with Crippen LogP contribution in [0.15, 0.2) is 168 Å². The van der Waals surface area contributed by atoms with Gasteiger partial charge >= 0.3 is 0 Å². The van der Waals surface area contributed by atoms with Crippen LogP contribution < -0.4 is 9.80 Å². The van der Waals surface area contributed by atoms with Gasteiger partial charge < -0.3 is 0 Å². The summed E-state index contributed by atoms with van der Waals surface area (Å²) in [6.07, 6.45) is 0.928. The van der Waals surface area contributed by atoms with Crippen molar-refractivity contribution in [3.8, 4) is 0 Å². The molecule has 0 radical (unpaired) electrons. The first kappa shape index (κ1) is 40.5. The van der Waals surface area contributed by atoms with Crippen molar-refractivity contribution in [3.05, 3.63) is 191 Å². The number of amides is 4. The van der Waals surface area contributed by atoms with Crippen LogP contribution >= 0.6 is 0 Å². The zero-order valence-electron chi connectivity index (χ0n) is 35.6. The van der Waals surface area contributed by atoms with Gasteiger partial charge in [0.1, 0.15) is 0 Å². The summed E-state index contributed by atoms with van der Waals surface area (Å²) >= 11 is 0. The standard InChI is InChI=1S/C54H38N4O8S/c59-49(31-11-3-1-4-12-31)57-45-17-9-7-15-37(45)39-27-41-43(29-47(39)57)53(63)55(51(41)61)33-19-23-35(24-20-33)67(65,66)36-25-21-34(22-26-36)56-52(62)42-28-40-38-16-8-10-18-46(38)58(48(40)30-44(42)54(56)64)50(60)32-13-5-2-6-14-32/h1-26,41-44H,27-30H2/t41-,42-,43+,44+/m0/s1. The summed E-state index contributed by atoms with van der Waals surface area (Å²) in [5, 5.41) is 1.71. The van der Waals surface area contributed by atoms with Gasteiger partial charge in [-0.15, -0.1) is 0 Å². The minimum absolute atomic E-state index is 0.0809. The van der Waals surface area contributed by atoms with E-state index in [0.29, 0.717) is 22.5 Å². The van der Waals surface area contributed by atoms with Gasteiger partial charge in [-0.05, 0) is 109 Å². The Hall–Kier alpha value is -8.03. The Bertz CT molecular complexity index is 3350. The lowest BCUT2D eigenvalue weighted by Gasteiger charge is -2.23. The van der Waals surface area contributed by atoms with Crippen molar-refractivity contribution in [3.63, 3.8) is 0 Å². The molecule has 12 nitrogen and oxygen atoms in total. The average molecular weight is 903 g/mol. The highest BCUT2D eigenvalue weighted by Gasteiger charge is 2.53. The minimum atomic E-state index is -4.13. The fourth-order valence-corrected chi connectivity index (χ4v) is 12.3. The highest BCUT2D eigenvalue weighted by Crippen LogP contribution is 2.45. The number of hydrogen-bond donors (Lipinski definition) is 0. The molecule has 2 aliphatic carbocycles. The fourth-order valence-electron chi connectivity index (χ4n) is 11.0. The van der Waals surface area contributed by atoms with E-state index >= 15 is 0 Å². The topological polar surface area (TPSA) is 153 Å². The number of hydrogen-bond acceptors (Lipinski definition) is 8. The van der Waals surface area contributed by atoms with Crippen molar-refractivity contribution in [2.45, 2.75) is 35.5 Å². The molecule has 4 heterocycles. The second-order valence-corrected chi connectivity index (χ2v) is 19.6. The van der Waals surface area contributed by atoms with Gasteiger partial charge in [-0.2, -0.15) is 0 Å². The van der Waals surface area contributed by atoms with E-state index in [1.165, 1.54) is 48.5 Å². The van der Waals surface area contributed by atoms with Gasteiger partial charge in [0.05, 0.1) is 55.9 Å². The zero-order valence-corrected chi connectivity index (χ0v) is 36.4. The smallest absolute Gasteiger partial charge is 0.262 e. The molecular weight excluding hydrogens is 865 g/mol. The number of rotatable bonds is 6. The van der Waals surface area contributed by atoms with E-state index < -0.39 is 45.3 Å². The van der Waals surface area contributed by atoms with E-state index in [4.69, 9.17) is 0 Å². The number of aromatic nitrogens is 2. The van der Waals surface area contributed by atoms with Crippen LogP contribution in [0.4, 0.5) is 11.4 Å². The highest BCUT2D eigenvalue weighted by molar-refractivity contribution is 7.91. The number of carbonyl (C=O) groups excluding carboxylic acids is 6. The quantitative estimate of drug-likeness (QED) is 0.155. The molecule has 4 amide bonds. The van der Waals surface area contributed by atoms with Crippen LogP contribution in [-0.4, -0.2) is 53.0 Å². The van der Waals surface area contributed by atoms with Crippen molar-refractivity contribution >= 4 is 78.5 Å². The lowest BCUT2D eigenvalue weighted by molar-refractivity contribution is -0.124. The van der Waals surface area contributed by atoms with Gasteiger partial charge in [0, 0.05) is 46.1 Å². The Balaban J connectivity index is 0.777. The van der Waals surface area contributed by atoms with Crippen LogP contribution in [0.3, 0.4) is 0 Å². The van der Waals surface area contributed by atoms with E-state index in [2.05, 4.69) is 0 Å². The number of sulfone groups is 1. The van der Waals surface area contributed by atoms with Crippen molar-refractivity contribution < 1.29 is 37.2 Å². The van der Waals surface area contributed by atoms with Crippen LogP contribution in [0.1, 0.15) is 43.2 Å². The van der Waals surface area contributed by atoms with Gasteiger partial charge in [0.15, 0.2) is 0 Å². The molecule has 0 spiro atoms. The minimum Gasteiger partial charge on any atom is -0.280 e. The van der Waals surface area contributed by atoms with Crippen molar-refractivity contribution in [2.75, 3.05) is 9.80 Å². The molecule has 4 aliphatic rings. The third kappa shape index (κ3) is 6.00. The number of nitrogens with zero attached hydrogens (tertiary/aromatic N) is 4. The van der Waals surface area contributed by atoms with Crippen LogP contribution in [-0.2, 0) is 54.7 Å². The number of anilines is 2. The van der Waals surface area contributed by atoms with Crippen LogP contribution in [0.2, 0.25) is 0 Å².